The predicted molar refractivity (Wildman–Crippen MR) is 62.1 cm³/mol. The topological polar surface area (TPSA) is 51.0 Å². The first-order valence-electron chi connectivity index (χ1n) is 5.20. The Kier molecular flexibility index (Phi) is 3.71. The standard InChI is InChI=1S/C11H11ClFN3O/c1-2-14-6-9-15-16-11(17-9)10-7(12)4-3-5-8(10)13/h3-5,14H,2,6H2,1H3. The molecule has 0 aliphatic rings. The van der Waals surface area contributed by atoms with Gasteiger partial charge in [-0.15, -0.1) is 10.2 Å². The summed E-state index contributed by atoms with van der Waals surface area (Å²) < 4.78 is 18.9. The maximum absolute atomic E-state index is 13.6. The zero-order valence-corrected chi connectivity index (χ0v) is 9.96. The molecular formula is C11H11ClFN3O. The summed E-state index contributed by atoms with van der Waals surface area (Å²) in [6.07, 6.45) is 0. The van der Waals surface area contributed by atoms with Crippen molar-refractivity contribution in [1.29, 1.82) is 0 Å². The maximum Gasteiger partial charge on any atom is 0.252 e. The van der Waals surface area contributed by atoms with Gasteiger partial charge in [-0.05, 0) is 18.7 Å². The molecule has 2 rings (SSSR count). The lowest BCUT2D eigenvalue weighted by Crippen LogP contribution is -2.11. The minimum Gasteiger partial charge on any atom is -0.419 e. The quantitative estimate of drug-likeness (QED) is 0.913. The van der Waals surface area contributed by atoms with Crippen molar-refractivity contribution in [1.82, 2.24) is 15.5 Å². The molecular weight excluding hydrogens is 245 g/mol. The second-order valence-electron chi connectivity index (χ2n) is 3.38. The van der Waals surface area contributed by atoms with E-state index in [0.717, 1.165) is 6.54 Å². The Bertz CT molecular complexity index is 495. The first kappa shape index (κ1) is 12.0. The molecule has 1 N–H and O–H groups in total. The molecule has 0 atom stereocenters. The molecule has 0 bridgehead atoms. The van der Waals surface area contributed by atoms with Crippen LogP contribution in [0.4, 0.5) is 4.39 Å². The van der Waals surface area contributed by atoms with E-state index in [0.29, 0.717) is 12.4 Å². The van der Waals surface area contributed by atoms with Crippen LogP contribution in [0.2, 0.25) is 5.02 Å². The maximum atomic E-state index is 13.6. The molecule has 17 heavy (non-hydrogen) atoms. The van der Waals surface area contributed by atoms with Crippen molar-refractivity contribution in [3.8, 4) is 11.5 Å². The van der Waals surface area contributed by atoms with Crippen molar-refractivity contribution < 1.29 is 8.81 Å². The first-order valence-corrected chi connectivity index (χ1v) is 5.57. The third-order valence-electron chi connectivity index (χ3n) is 2.17. The Morgan fingerprint density at radius 1 is 1.41 bits per heavy atom. The van der Waals surface area contributed by atoms with Gasteiger partial charge in [-0.1, -0.05) is 24.6 Å². The molecule has 2 aromatic rings. The molecule has 4 nitrogen and oxygen atoms in total. The third kappa shape index (κ3) is 2.62. The van der Waals surface area contributed by atoms with Crippen LogP contribution in [0.3, 0.4) is 0 Å². The highest BCUT2D eigenvalue weighted by Crippen LogP contribution is 2.29. The number of benzene rings is 1. The molecule has 0 unspecified atom stereocenters. The second kappa shape index (κ2) is 5.25. The summed E-state index contributed by atoms with van der Waals surface area (Å²) >= 11 is 5.89. The van der Waals surface area contributed by atoms with Crippen molar-refractivity contribution in [2.75, 3.05) is 6.54 Å². The summed E-state index contributed by atoms with van der Waals surface area (Å²) in [4.78, 5) is 0. The van der Waals surface area contributed by atoms with Crippen LogP contribution in [-0.4, -0.2) is 16.7 Å². The van der Waals surface area contributed by atoms with E-state index in [9.17, 15) is 4.39 Å². The van der Waals surface area contributed by atoms with Crippen molar-refractivity contribution >= 4 is 11.6 Å². The monoisotopic (exact) mass is 255 g/mol. The van der Waals surface area contributed by atoms with Gasteiger partial charge in [0.25, 0.3) is 5.89 Å². The van der Waals surface area contributed by atoms with E-state index < -0.39 is 5.82 Å². The van der Waals surface area contributed by atoms with Crippen LogP contribution in [0.5, 0.6) is 0 Å². The number of hydrogen-bond acceptors (Lipinski definition) is 4. The Balaban J connectivity index is 2.30. The van der Waals surface area contributed by atoms with Crippen molar-refractivity contribution in [3.05, 3.63) is 34.9 Å². The van der Waals surface area contributed by atoms with E-state index in [2.05, 4.69) is 15.5 Å². The van der Waals surface area contributed by atoms with Gasteiger partial charge in [0.2, 0.25) is 5.89 Å². The fourth-order valence-corrected chi connectivity index (χ4v) is 1.60. The molecule has 6 heteroatoms. The highest BCUT2D eigenvalue weighted by Gasteiger charge is 2.16. The van der Waals surface area contributed by atoms with Crippen molar-refractivity contribution in [2.45, 2.75) is 13.5 Å². The molecule has 0 aliphatic carbocycles. The smallest absolute Gasteiger partial charge is 0.252 e. The minimum absolute atomic E-state index is 0.0982. The minimum atomic E-state index is -0.476. The SMILES string of the molecule is CCNCc1nnc(-c2c(F)cccc2Cl)o1. The Labute approximate surface area is 103 Å². The van der Waals surface area contributed by atoms with Crippen molar-refractivity contribution in [3.63, 3.8) is 0 Å². The Morgan fingerprint density at radius 2 is 2.24 bits per heavy atom. The predicted octanol–water partition coefficient (Wildman–Crippen LogP) is 2.64. The average Bonchev–Trinajstić information content (AvgIpc) is 2.75. The molecule has 0 aliphatic heterocycles. The van der Waals surface area contributed by atoms with Crippen LogP contribution in [0.25, 0.3) is 11.5 Å². The third-order valence-corrected chi connectivity index (χ3v) is 2.48. The van der Waals surface area contributed by atoms with Gasteiger partial charge in [0.15, 0.2) is 0 Å². The number of rotatable bonds is 4. The highest BCUT2D eigenvalue weighted by molar-refractivity contribution is 6.33. The summed E-state index contributed by atoms with van der Waals surface area (Å²) in [6.45, 7) is 3.21. The summed E-state index contributed by atoms with van der Waals surface area (Å²) in [6, 6.07) is 4.40. The fraction of sp³-hybridized carbons (Fsp3) is 0.273. The van der Waals surface area contributed by atoms with Crippen molar-refractivity contribution in [2.24, 2.45) is 0 Å². The normalized spacial score (nSPS) is 10.8. The van der Waals surface area contributed by atoms with Crippen LogP contribution in [0.15, 0.2) is 22.6 Å². The van der Waals surface area contributed by atoms with E-state index in [1.807, 2.05) is 6.92 Å². The molecule has 1 aromatic carbocycles. The summed E-state index contributed by atoms with van der Waals surface area (Å²) in [7, 11) is 0. The van der Waals surface area contributed by atoms with E-state index in [1.165, 1.54) is 12.1 Å². The molecule has 90 valence electrons. The van der Waals surface area contributed by atoms with Gasteiger partial charge >= 0.3 is 0 Å². The molecule has 0 amide bonds. The second-order valence-corrected chi connectivity index (χ2v) is 3.79. The van der Waals surface area contributed by atoms with Crippen LogP contribution >= 0.6 is 11.6 Å². The molecule has 1 heterocycles. The van der Waals surface area contributed by atoms with E-state index >= 15 is 0 Å². The summed E-state index contributed by atoms with van der Waals surface area (Å²) in [5, 5.41) is 10.9. The molecule has 0 radical (unpaired) electrons. The summed E-state index contributed by atoms with van der Waals surface area (Å²) in [5.41, 5.74) is 0.143. The van der Waals surface area contributed by atoms with Gasteiger partial charge in [0.05, 0.1) is 17.1 Å². The number of hydrogen-bond donors (Lipinski definition) is 1. The molecule has 0 fully saturated rings. The number of nitrogens with zero attached hydrogens (tertiary/aromatic N) is 2. The lowest BCUT2D eigenvalue weighted by atomic mass is 10.2. The van der Waals surface area contributed by atoms with Crippen LogP contribution in [-0.2, 0) is 6.54 Å². The average molecular weight is 256 g/mol. The summed E-state index contributed by atoms with van der Waals surface area (Å²) in [5.74, 6) is 0.0262. The molecule has 0 saturated heterocycles. The van der Waals surface area contributed by atoms with Crippen LogP contribution in [0.1, 0.15) is 12.8 Å². The van der Waals surface area contributed by atoms with Gasteiger partial charge in [-0.2, -0.15) is 0 Å². The van der Waals surface area contributed by atoms with Gasteiger partial charge < -0.3 is 9.73 Å². The van der Waals surface area contributed by atoms with Gasteiger partial charge in [-0.3, -0.25) is 0 Å². The zero-order valence-electron chi connectivity index (χ0n) is 9.20. The molecule has 1 aromatic heterocycles. The fourth-order valence-electron chi connectivity index (χ4n) is 1.36. The number of nitrogens with one attached hydrogen (secondary N) is 1. The Morgan fingerprint density at radius 3 is 2.94 bits per heavy atom. The lowest BCUT2D eigenvalue weighted by molar-refractivity contribution is 0.479. The highest BCUT2D eigenvalue weighted by atomic mass is 35.5. The lowest BCUT2D eigenvalue weighted by Gasteiger charge is -1.99. The van der Waals surface area contributed by atoms with Gasteiger partial charge in [0.1, 0.15) is 5.82 Å². The number of aromatic nitrogens is 2. The van der Waals surface area contributed by atoms with E-state index in [4.69, 9.17) is 16.0 Å². The number of halogens is 2. The van der Waals surface area contributed by atoms with Crippen LogP contribution in [0, 0.1) is 5.82 Å². The largest absolute Gasteiger partial charge is 0.419 e. The first-order chi connectivity index (χ1) is 8.22. The molecule has 0 saturated carbocycles. The van der Waals surface area contributed by atoms with Gasteiger partial charge in [0, 0.05) is 0 Å². The van der Waals surface area contributed by atoms with Crippen LogP contribution < -0.4 is 5.32 Å². The van der Waals surface area contributed by atoms with E-state index in [1.54, 1.807) is 6.07 Å². The van der Waals surface area contributed by atoms with E-state index in [-0.39, 0.29) is 16.5 Å². The van der Waals surface area contributed by atoms with Gasteiger partial charge in [-0.25, -0.2) is 4.39 Å². The zero-order chi connectivity index (χ0) is 12.3. The Hall–Kier alpha value is -1.46. The molecule has 0 spiro atoms.